The van der Waals surface area contributed by atoms with E-state index in [2.05, 4.69) is 4.98 Å². The smallest absolute Gasteiger partial charge is 0.352 e. The first-order chi connectivity index (χ1) is 7.50. The van der Waals surface area contributed by atoms with Crippen LogP contribution in [0, 0.1) is 0 Å². The first-order valence-electron chi connectivity index (χ1n) is 4.90. The van der Waals surface area contributed by atoms with Crippen LogP contribution in [-0.2, 0) is 0 Å². The van der Waals surface area contributed by atoms with Gasteiger partial charge >= 0.3 is 5.97 Å². The molecular formula is C11H11ClN2O2. The molecular weight excluding hydrogens is 228 g/mol. The number of hydrogen-bond donors (Lipinski definition) is 1. The number of hydrogen-bond acceptors (Lipinski definition) is 2. The van der Waals surface area contributed by atoms with Crippen LogP contribution in [-0.4, -0.2) is 20.5 Å². The van der Waals surface area contributed by atoms with E-state index in [0.717, 1.165) is 11.2 Å². The number of halogens is 1. The summed E-state index contributed by atoms with van der Waals surface area (Å²) in [4.78, 5) is 15.3. The molecule has 0 amide bonds. The molecule has 1 N–H and O–H groups in total. The van der Waals surface area contributed by atoms with Gasteiger partial charge in [0.25, 0.3) is 0 Å². The minimum Gasteiger partial charge on any atom is -0.477 e. The van der Waals surface area contributed by atoms with Crippen molar-refractivity contribution in [3.8, 4) is 0 Å². The molecule has 2 rings (SSSR count). The maximum absolute atomic E-state index is 11.0. The minimum absolute atomic E-state index is 0.127. The molecule has 4 nitrogen and oxygen atoms in total. The summed E-state index contributed by atoms with van der Waals surface area (Å²) in [6.45, 7) is 4.01. The predicted molar refractivity (Wildman–Crippen MR) is 61.3 cm³/mol. The van der Waals surface area contributed by atoms with Gasteiger partial charge in [0.1, 0.15) is 12.0 Å². The fourth-order valence-corrected chi connectivity index (χ4v) is 1.90. The molecule has 0 aliphatic carbocycles. The largest absolute Gasteiger partial charge is 0.477 e. The highest BCUT2D eigenvalue weighted by molar-refractivity contribution is 6.31. The van der Waals surface area contributed by atoms with Crippen molar-refractivity contribution < 1.29 is 9.90 Å². The van der Waals surface area contributed by atoms with Crippen LogP contribution >= 0.6 is 11.6 Å². The van der Waals surface area contributed by atoms with Gasteiger partial charge in [0.2, 0.25) is 0 Å². The molecule has 84 valence electrons. The molecule has 0 aromatic carbocycles. The third kappa shape index (κ3) is 1.65. The van der Waals surface area contributed by atoms with E-state index in [1.807, 2.05) is 13.8 Å². The Morgan fingerprint density at radius 3 is 2.75 bits per heavy atom. The van der Waals surface area contributed by atoms with Crippen molar-refractivity contribution in [3.05, 3.63) is 34.9 Å². The average molecular weight is 239 g/mol. The lowest BCUT2D eigenvalue weighted by atomic mass is 10.1. The molecule has 0 aliphatic rings. The number of carboxylic acids is 1. The second-order valence-corrected chi connectivity index (χ2v) is 4.34. The van der Waals surface area contributed by atoms with Crippen LogP contribution < -0.4 is 0 Å². The lowest BCUT2D eigenvalue weighted by Crippen LogP contribution is -2.04. The van der Waals surface area contributed by atoms with Crippen LogP contribution in [0.25, 0.3) is 5.52 Å². The van der Waals surface area contributed by atoms with E-state index >= 15 is 0 Å². The van der Waals surface area contributed by atoms with Crippen LogP contribution in [0.4, 0.5) is 0 Å². The van der Waals surface area contributed by atoms with Crippen LogP contribution in [0.1, 0.15) is 35.9 Å². The summed E-state index contributed by atoms with van der Waals surface area (Å²) in [5.74, 6) is -0.787. The van der Waals surface area contributed by atoms with Crippen molar-refractivity contribution in [2.24, 2.45) is 0 Å². The van der Waals surface area contributed by atoms with E-state index in [0.29, 0.717) is 5.02 Å². The molecule has 0 unspecified atom stereocenters. The lowest BCUT2D eigenvalue weighted by Gasteiger charge is -2.04. The Labute approximate surface area is 97.5 Å². The highest BCUT2D eigenvalue weighted by Crippen LogP contribution is 2.23. The van der Waals surface area contributed by atoms with Crippen molar-refractivity contribution >= 4 is 23.1 Å². The number of imidazole rings is 1. The zero-order valence-electron chi connectivity index (χ0n) is 8.94. The highest BCUT2D eigenvalue weighted by atomic mass is 35.5. The number of carboxylic acid groups (broad SMARTS) is 1. The molecule has 2 aromatic heterocycles. The molecule has 0 fully saturated rings. The number of carbonyl (C=O) groups is 1. The second-order valence-electron chi connectivity index (χ2n) is 3.90. The van der Waals surface area contributed by atoms with Crippen LogP contribution in [0.3, 0.4) is 0 Å². The molecule has 16 heavy (non-hydrogen) atoms. The van der Waals surface area contributed by atoms with E-state index in [9.17, 15) is 4.79 Å². The Morgan fingerprint density at radius 2 is 2.19 bits per heavy atom. The van der Waals surface area contributed by atoms with Gasteiger partial charge in [-0.05, 0) is 18.1 Å². The predicted octanol–water partition coefficient (Wildman–Crippen LogP) is 2.81. The van der Waals surface area contributed by atoms with Gasteiger partial charge in [-0.1, -0.05) is 25.4 Å². The molecule has 0 radical (unpaired) electrons. The third-order valence-electron chi connectivity index (χ3n) is 2.41. The van der Waals surface area contributed by atoms with Crippen molar-refractivity contribution in [2.45, 2.75) is 19.8 Å². The summed E-state index contributed by atoms with van der Waals surface area (Å²) in [6.07, 6.45) is 1.52. The summed E-state index contributed by atoms with van der Waals surface area (Å²) in [5, 5.41) is 9.46. The summed E-state index contributed by atoms with van der Waals surface area (Å²) in [6, 6.07) is 3.15. The Hall–Kier alpha value is -1.55. The van der Waals surface area contributed by atoms with Gasteiger partial charge < -0.3 is 5.11 Å². The number of aromatic carboxylic acids is 1. The van der Waals surface area contributed by atoms with Gasteiger partial charge in [-0.25, -0.2) is 9.78 Å². The molecule has 0 spiro atoms. The van der Waals surface area contributed by atoms with Crippen LogP contribution in [0.2, 0.25) is 5.02 Å². The summed E-state index contributed by atoms with van der Waals surface area (Å²) in [5.41, 5.74) is 1.73. The maximum Gasteiger partial charge on any atom is 0.352 e. The third-order valence-corrected chi connectivity index (χ3v) is 2.63. The average Bonchev–Trinajstić information content (AvgIpc) is 2.59. The zero-order chi connectivity index (χ0) is 11.9. The molecule has 2 aromatic rings. The lowest BCUT2D eigenvalue weighted by molar-refractivity contribution is 0.0689. The Bertz CT molecular complexity index is 560. The number of pyridine rings is 1. The van der Waals surface area contributed by atoms with E-state index in [1.54, 1.807) is 10.5 Å². The second kappa shape index (κ2) is 3.79. The molecule has 0 atom stereocenters. The fourth-order valence-electron chi connectivity index (χ4n) is 1.69. The number of aromatic nitrogens is 2. The Morgan fingerprint density at radius 1 is 1.50 bits per heavy atom. The van der Waals surface area contributed by atoms with E-state index in [-0.39, 0.29) is 11.6 Å². The summed E-state index contributed by atoms with van der Waals surface area (Å²) >= 11 is 5.90. The molecule has 5 heteroatoms. The Kier molecular flexibility index (Phi) is 2.59. The van der Waals surface area contributed by atoms with Gasteiger partial charge in [0, 0.05) is 5.02 Å². The molecule has 0 saturated heterocycles. The Balaban J connectivity index is 2.81. The fraction of sp³-hybridized carbons (Fsp3) is 0.273. The van der Waals surface area contributed by atoms with E-state index < -0.39 is 5.97 Å². The van der Waals surface area contributed by atoms with Gasteiger partial charge in [-0.3, -0.25) is 4.40 Å². The summed E-state index contributed by atoms with van der Waals surface area (Å²) < 4.78 is 1.55. The van der Waals surface area contributed by atoms with Gasteiger partial charge in [0.05, 0.1) is 11.2 Å². The normalized spacial score (nSPS) is 11.2. The molecule has 2 heterocycles. The van der Waals surface area contributed by atoms with Crippen molar-refractivity contribution in [1.82, 2.24) is 9.38 Å². The number of fused-ring (bicyclic) bond motifs is 1. The van der Waals surface area contributed by atoms with Crippen molar-refractivity contribution in [1.29, 1.82) is 0 Å². The number of rotatable bonds is 2. The van der Waals surface area contributed by atoms with Gasteiger partial charge in [-0.15, -0.1) is 0 Å². The maximum atomic E-state index is 11.0. The van der Waals surface area contributed by atoms with Crippen molar-refractivity contribution in [2.75, 3.05) is 0 Å². The SMILES string of the molecule is CC(C)c1ncn2c(C(=O)O)cc(Cl)cc12. The quantitative estimate of drug-likeness (QED) is 0.875. The highest BCUT2D eigenvalue weighted by Gasteiger charge is 2.15. The topological polar surface area (TPSA) is 54.6 Å². The van der Waals surface area contributed by atoms with E-state index in [1.165, 1.54) is 12.4 Å². The first-order valence-corrected chi connectivity index (χ1v) is 5.28. The summed E-state index contributed by atoms with van der Waals surface area (Å²) in [7, 11) is 0. The number of nitrogens with zero attached hydrogens (tertiary/aromatic N) is 2. The molecule has 0 saturated carbocycles. The van der Waals surface area contributed by atoms with E-state index in [4.69, 9.17) is 16.7 Å². The minimum atomic E-state index is -1.01. The monoisotopic (exact) mass is 238 g/mol. The zero-order valence-corrected chi connectivity index (χ0v) is 9.69. The molecule has 0 bridgehead atoms. The van der Waals surface area contributed by atoms with Gasteiger partial charge in [-0.2, -0.15) is 0 Å². The first kappa shape index (κ1) is 11.0. The van der Waals surface area contributed by atoms with Crippen LogP contribution in [0.5, 0.6) is 0 Å². The van der Waals surface area contributed by atoms with Crippen LogP contribution in [0.15, 0.2) is 18.5 Å². The molecule has 0 aliphatic heterocycles. The van der Waals surface area contributed by atoms with Crippen molar-refractivity contribution in [3.63, 3.8) is 0 Å². The van der Waals surface area contributed by atoms with Gasteiger partial charge in [0.15, 0.2) is 0 Å². The standard InChI is InChI=1S/C11H11ClN2O2/c1-6(2)10-8-3-7(12)4-9(11(15)16)14(8)5-13-10/h3-6H,1-2H3,(H,15,16).